The lowest BCUT2D eigenvalue weighted by Crippen LogP contribution is -2.29. The number of ether oxygens (including phenoxy) is 1. The van der Waals surface area contributed by atoms with Gasteiger partial charge in [0.1, 0.15) is 5.75 Å². The zero-order valence-electron chi connectivity index (χ0n) is 14.3. The summed E-state index contributed by atoms with van der Waals surface area (Å²) in [5, 5.41) is 2.91. The number of benzene rings is 1. The van der Waals surface area contributed by atoms with Gasteiger partial charge in [-0.1, -0.05) is 23.2 Å². The molecule has 9 heteroatoms. The minimum atomic E-state index is -0.633. The van der Waals surface area contributed by atoms with Crippen LogP contribution in [0.3, 0.4) is 0 Å². The van der Waals surface area contributed by atoms with E-state index in [1.807, 2.05) is 0 Å². The van der Waals surface area contributed by atoms with Crippen LogP contribution in [-0.2, 0) is 11.2 Å². The minimum absolute atomic E-state index is 0.0527. The molecule has 1 N–H and O–H groups in total. The van der Waals surface area contributed by atoms with Crippen molar-refractivity contribution < 1.29 is 13.9 Å². The Bertz CT molecular complexity index is 821. The summed E-state index contributed by atoms with van der Waals surface area (Å²) in [6, 6.07) is 0.941. The van der Waals surface area contributed by atoms with Gasteiger partial charge < -0.3 is 10.1 Å². The Kier molecular flexibility index (Phi) is 7.20. The number of hydrogen-bond acceptors (Lipinski definition) is 4. The molecule has 1 unspecified atom stereocenters. The fourth-order valence-corrected chi connectivity index (χ4v) is 3.45. The predicted molar refractivity (Wildman–Crippen MR) is 102 cm³/mol. The minimum Gasteiger partial charge on any atom is -0.489 e. The van der Waals surface area contributed by atoms with E-state index < -0.39 is 11.9 Å². The average molecular weight is 465 g/mol. The van der Waals surface area contributed by atoms with Crippen molar-refractivity contribution in [3.63, 3.8) is 0 Å². The van der Waals surface area contributed by atoms with E-state index in [9.17, 15) is 9.18 Å². The molecule has 0 radical (unpaired) electrons. The summed E-state index contributed by atoms with van der Waals surface area (Å²) in [5.41, 5.74) is 0.923. The third-order valence-electron chi connectivity index (χ3n) is 3.37. The summed E-state index contributed by atoms with van der Waals surface area (Å²) in [4.78, 5) is 20.5. The molecule has 2 rings (SSSR count). The molecule has 1 heterocycles. The lowest BCUT2D eigenvalue weighted by molar-refractivity contribution is -0.121. The third-order valence-corrected chi connectivity index (χ3v) is 4.64. The average Bonchev–Trinajstić information content (AvgIpc) is 2.56. The third kappa shape index (κ3) is 5.05. The monoisotopic (exact) mass is 463 g/mol. The Morgan fingerprint density at radius 1 is 1.31 bits per heavy atom. The zero-order valence-corrected chi connectivity index (χ0v) is 17.4. The fourth-order valence-electron chi connectivity index (χ4n) is 2.28. The molecule has 1 aromatic heterocycles. The lowest BCUT2D eigenvalue weighted by Gasteiger charge is -2.18. The molecule has 0 saturated heterocycles. The van der Waals surface area contributed by atoms with Crippen LogP contribution in [0.2, 0.25) is 10.2 Å². The summed E-state index contributed by atoms with van der Waals surface area (Å²) < 4.78 is 19.8. The number of carbonyl (C=O) groups is 1. The number of rotatable bonds is 6. The molecule has 0 aliphatic rings. The van der Waals surface area contributed by atoms with E-state index in [-0.39, 0.29) is 38.8 Å². The number of nitrogens with zero attached hydrogens (tertiary/aromatic N) is 2. The van der Waals surface area contributed by atoms with Crippen molar-refractivity contribution in [3.8, 4) is 5.75 Å². The van der Waals surface area contributed by atoms with Crippen LogP contribution in [0.15, 0.2) is 22.9 Å². The number of nitrogens with one attached hydrogen (secondary N) is 1. The maximum Gasteiger partial charge on any atom is 0.225 e. The molecule has 0 bridgehead atoms. The number of halogens is 4. The Labute approximate surface area is 169 Å². The van der Waals surface area contributed by atoms with Crippen LogP contribution in [0.1, 0.15) is 38.1 Å². The highest BCUT2D eigenvalue weighted by Crippen LogP contribution is 2.37. The molecular formula is C17H17BrCl2FN3O2. The summed E-state index contributed by atoms with van der Waals surface area (Å²) in [7, 11) is 0. The van der Waals surface area contributed by atoms with E-state index in [0.29, 0.717) is 11.3 Å². The largest absolute Gasteiger partial charge is 0.489 e. The van der Waals surface area contributed by atoms with Crippen molar-refractivity contribution in [2.45, 2.75) is 39.3 Å². The van der Waals surface area contributed by atoms with Crippen molar-refractivity contribution >= 4 is 45.0 Å². The van der Waals surface area contributed by atoms with Gasteiger partial charge in [0.05, 0.1) is 33.8 Å². The van der Waals surface area contributed by atoms with Crippen LogP contribution >= 0.6 is 39.1 Å². The van der Waals surface area contributed by atoms with Gasteiger partial charge in [-0.25, -0.2) is 9.37 Å². The number of amides is 1. The SMILES string of the molecule is CC(C)Oc1c(CC(=O)NC(C)c2nccnc2Cl)cc(Cl)c(F)c1Br. The first-order chi connectivity index (χ1) is 12.2. The summed E-state index contributed by atoms with van der Waals surface area (Å²) in [6.07, 6.45) is 2.71. The number of carbonyl (C=O) groups excluding carboxylic acids is 1. The van der Waals surface area contributed by atoms with E-state index >= 15 is 0 Å². The van der Waals surface area contributed by atoms with Crippen LogP contribution in [0.5, 0.6) is 5.75 Å². The lowest BCUT2D eigenvalue weighted by atomic mass is 10.1. The molecule has 26 heavy (non-hydrogen) atoms. The molecular weight excluding hydrogens is 448 g/mol. The van der Waals surface area contributed by atoms with Crippen molar-refractivity contribution in [2.24, 2.45) is 0 Å². The Balaban J connectivity index is 2.22. The zero-order chi connectivity index (χ0) is 19.4. The van der Waals surface area contributed by atoms with Gasteiger partial charge in [0, 0.05) is 18.0 Å². The quantitative estimate of drug-likeness (QED) is 0.618. The van der Waals surface area contributed by atoms with Gasteiger partial charge in [0.15, 0.2) is 11.0 Å². The molecule has 2 aromatic rings. The van der Waals surface area contributed by atoms with Crippen molar-refractivity contribution in [3.05, 3.63) is 50.2 Å². The molecule has 0 fully saturated rings. The Hall–Kier alpha value is -1.44. The van der Waals surface area contributed by atoms with Crippen LogP contribution in [0.4, 0.5) is 4.39 Å². The van der Waals surface area contributed by atoms with E-state index in [1.54, 1.807) is 20.8 Å². The molecule has 0 aliphatic heterocycles. The molecule has 0 saturated carbocycles. The second-order valence-electron chi connectivity index (χ2n) is 5.84. The van der Waals surface area contributed by atoms with Crippen molar-refractivity contribution in [1.82, 2.24) is 15.3 Å². The van der Waals surface area contributed by atoms with Gasteiger partial charge in [0.25, 0.3) is 0 Å². The van der Waals surface area contributed by atoms with Crippen molar-refractivity contribution in [1.29, 1.82) is 0 Å². The van der Waals surface area contributed by atoms with E-state index in [1.165, 1.54) is 18.5 Å². The van der Waals surface area contributed by atoms with Crippen LogP contribution in [-0.4, -0.2) is 22.0 Å². The Morgan fingerprint density at radius 3 is 2.58 bits per heavy atom. The normalized spacial score (nSPS) is 12.2. The predicted octanol–water partition coefficient (Wildman–Crippen LogP) is 4.89. The van der Waals surface area contributed by atoms with Gasteiger partial charge in [-0.3, -0.25) is 9.78 Å². The topological polar surface area (TPSA) is 64.1 Å². The van der Waals surface area contributed by atoms with Gasteiger partial charge in [-0.2, -0.15) is 0 Å². The second-order valence-corrected chi connectivity index (χ2v) is 7.40. The van der Waals surface area contributed by atoms with E-state index in [4.69, 9.17) is 27.9 Å². The van der Waals surface area contributed by atoms with E-state index in [2.05, 4.69) is 31.2 Å². The summed E-state index contributed by atoms with van der Waals surface area (Å²) >= 11 is 15.0. The molecule has 0 spiro atoms. The molecule has 140 valence electrons. The molecule has 0 aliphatic carbocycles. The van der Waals surface area contributed by atoms with Gasteiger partial charge in [0.2, 0.25) is 5.91 Å². The van der Waals surface area contributed by atoms with E-state index in [0.717, 1.165) is 0 Å². The van der Waals surface area contributed by atoms with Crippen LogP contribution in [0.25, 0.3) is 0 Å². The molecule has 1 aromatic carbocycles. The highest BCUT2D eigenvalue weighted by atomic mass is 79.9. The highest BCUT2D eigenvalue weighted by molar-refractivity contribution is 9.10. The summed E-state index contributed by atoms with van der Waals surface area (Å²) in [5.74, 6) is -0.698. The van der Waals surface area contributed by atoms with Crippen LogP contribution in [0, 0.1) is 5.82 Å². The van der Waals surface area contributed by atoms with Gasteiger partial charge >= 0.3 is 0 Å². The van der Waals surface area contributed by atoms with Crippen molar-refractivity contribution in [2.75, 3.05) is 0 Å². The van der Waals surface area contributed by atoms with Gasteiger partial charge in [-0.05, 0) is 42.8 Å². The Morgan fingerprint density at radius 2 is 1.96 bits per heavy atom. The number of hydrogen-bond donors (Lipinski definition) is 1. The summed E-state index contributed by atoms with van der Waals surface area (Å²) in [6.45, 7) is 5.36. The fraction of sp³-hybridized carbons (Fsp3) is 0.353. The first-order valence-corrected chi connectivity index (χ1v) is 9.34. The maximum absolute atomic E-state index is 14.0. The molecule has 5 nitrogen and oxygen atoms in total. The molecule has 1 amide bonds. The van der Waals surface area contributed by atoms with Gasteiger partial charge in [-0.15, -0.1) is 0 Å². The maximum atomic E-state index is 14.0. The smallest absolute Gasteiger partial charge is 0.225 e. The standard InChI is InChI=1S/C17H17BrCl2FN3O2/c1-8(2)26-16-10(6-11(19)14(21)13(16)18)7-12(25)24-9(3)15-17(20)23-5-4-22-15/h4-6,8-9H,7H2,1-3H3,(H,24,25). The highest BCUT2D eigenvalue weighted by Gasteiger charge is 2.21. The molecule has 1 atom stereocenters. The first-order valence-electron chi connectivity index (χ1n) is 7.79. The first kappa shape index (κ1) is 20.9. The second kappa shape index (κ2) is 8.97. The van der Waals surface area contributed by atoms with Crippen LogP contribution < -0.4 is 10.1 Å². The number of aromatic nitrogens is 2.